The van der Waals surface area contributed by atoms with Gasteiger partial charge in [-0.25, -0.2) is 0 Å². The smallest absolute Gasteiger partial charge is 0.234 e. The van der Waals surface area contributed by atoms with Gasteiger partial charge in [-0.3, -0.25) is 9.69 Å². The fourth-order valence-corrected chi connectivity index (χ4v) is 2.96. The molecular formula is C17H25ClN4O2. The zero-order valence-electron chi connectivity index (χ0n) is 13.9. The lowest BCUT2D eigenvalue weighted by molar-refractivity contribution is -0.122. The number of ether oxygens (including phenoxy) is 1. The van der Waals surface area contributed by atoms with Gasteiger partial charge in [-0.05, 0) is 30.2 Å². The maximum absolute atomic E-state index is 12.0. The molecule has 1 amide bonds. The first-order chi connectivity index (χ1) is 11.3. The van der Waals surface area contributed by atoms with Crippen molar-refractivity contribution >= 4 is 29.2 Å². The second-order valence-corrected chi connectivity index (χ2v) is 5.85. The van der Waals surface area contributed by atoms with Crippen LogP contribution in [-0.2, 0) is 11.2 Å². The number of hydrogen-bond acceptors (Lipinski definition) is 4. The lowest BCUT2D eigenvalue weighted by Gasteiger charge is -2.26. The minimum atomic E-state index is 0. The number of H-pyrrole nitrogens is 1. The molecule has 1 aliphatic heterocycles. The molecule has 0 unspecified atom stereocenters. The van der Waals surface area contributed by atoms with Crippen molar-refractivity contribution in [2.24, 2.45) is 0 Å². The van der Waals surface area contributed by atoms with Crippen molar-refractivity contribution in [3.8, 4) is 5.75 Å². The standard InChI is InChI=1S/C17H24N4O2.ClH/c1-23-14-2-3-16-15(10-14)13(11-20-16)4-5-19-17(22)12-21-8-6-18-7-9-21;/h2-3,10-11,18,20H,4-9,12H2,1H3,(H,19,22);1H. The molecular weight excluding hydrogens is 328 g/mol. The summed E-state index contributed by atoms with van der Waals surface area (Å²) in [7, 11) is 1.67. The zero-order valence-corrected chi connectivity index (χ0v) is 14.7. The van der Waals surface area contributed by atoms with Crippen LogP contribution in [0, 0.1) is 0 Å². The van der Waals surface area contributed by atoms with E-state index in [1.165, 1.54) is 5.56 Å². The van der Waals surface area contributed by atoms with Crippen molar-refractivity contribution in [1.29, 1.82) is 0 Å². The van der Waals surface area contributed by atoms with Gasteiger partial charge in [0.05, 0.1) is 13.7 Å². The number of carbonyl (C=O) groups is 1. The van der Waals surface area contributed by atoms with Gasteiger partial charge in [-0.1, -0.05) is 0 Å². The largest absolute Gasteiger partial charge is 0.497 e. The fraction of sp³-hybridized carbons (Fsp3) is 0.471. The van der Waals surface area contributed by atoms with Gasteiger partial charge in [0.2, 0.25) is 5.91 Å². The summed E-state index contributed by atoms with van der Waals surface area (Å²) in [5.41, 5.74) is 2.29. The molecule has 0 radical (unpaired) electrons. The van der Waals surface area contributed by atoms with Crippen LogP contribution < -0.4 is 15.4 Å². The van der Waals surface area contributed by atoms with Crippen LogP contribution in [0.4, 0.5) is 0 Å². The summed E-state index contributed by atoms with van der Waals surface area (Å²) in [4.78, 5) is 17.4. The molecule has 6 nitrogen and oxygen atoms in total. The van der Waals surface area contributed by atoms with E-state index in [1.807, 2.05) is 24.4 Å². The highest BCUT2D eigenvalue weighted by molar-refractivity contribution is 5.85. The highest BCUT2D eigenvalue weighted by Gasteiger charge is 2.13. The predicted molar refractivity (Wildman–Crippen MR) is 98.1 cm³/mol. The normalized spacial score (nSPS) is 15.0. The Morgan fingerprint density at radius 1 is 1.33 bits per heavy atom. The van der Waals surface area contributed by atoms with Crippen molar-refractivity contribution in [3.63, 3.8) is 0 Å². The molecule has 1 saturated heterocycles. The summed E-state index contributed by atoms with van der Waals surface area (Å²) >= 11 is 0. The first kappa shape index (κ1) is 18.6. The topological polar surface area (TPSA) is 69.4 Å². The number of aromatic nitrogens is 1. The van der Waals surface area contributed by atoms with Crippen LogP contribution in [0.5, 0.6) is 5.75 Å². The van der Waals surface area contributed by atoms with Crippen molar-refractivity contribution in [2.45, 2.75) is 6.42 Å². The monoisotopic (exact) mass is 352 g/mol. The molecule has 2 heterocycles. The lowest BCUT2D eigenvalue weighted by Crippen LogP contribution is -2.47. The maximum Gasteiger partial charge on any atom is 0.234 e. The Kier molecular flexibility index (Phi) is 6.90. The van der Waals surface area contributed by atoms with Crippen LogP contribution in [0.3, 0.4) is 0 Å². The molecule has 132 valence electrons. The van der Waals surface area contributed by atoms with Crippen LogP contribution in [0.1, 0.15) is 5.56 Å². The van der Waals surface area contributed by atoms with E-state index in [0.29, 0.717) is 13.1 Å². The molecule has 3 N–H and O–H groups in total. The Morgan fingerprint density at radius 2 is 2.12 bits per heavy atom. The summed E-state index contributed by atoms with van der Waals surface area (Å²) in [6, 6.07) is 5.99. The number of rotatable bonds is 6. The predicted octanol–water partition coefficient (Wildman–Crippen LogP) is 1.16. The van der Waals surface area contributed by atoms with Crippen LogP contribution in [0.25, 0.3) is 10.9 Å². The molecule has 1 aromatic carbocycles. The molecule has 2 aromatic rings. The van der Waals surface area contributed by atoms with Gasteiger partial charge < -0.3 is 20.4 Å². The fourth-order valence-electron chi connectivity index (χ4n) is 2.96. The molecule has 1 fully saturated rings. The second kappa shape index (κ2) is 8.92. The minimum Gasteiger partial charge on any atom is -0.497 e. The maximum atomic E-state index is 12.0. The van der Waals surface area contributed by atoms with Gasteiger partial charge >= 0.3 is 0 Å². The summed E-state index contributed by atoms with van der Waals surface area (Å²) in [5, 5.41) is 7.46. The van der Waals surface area contributed by atoms with Crippen LogP contribution in [0.2, 0.25) is 0 Å². The average molecular weight is 353 g/mol. The average Bonchev–Trinajstić information content (AvgIpc) is 2.98. The number of benzene rings is 1. The first-order valence-electron chi connectivity index (χ1n) is 8.10. The van der Waals surface area contributed by atoms with E-state index in [1.54, 1.807) is 7.11 Å². The van der Waals surface area contributed by atoms with E-state index < -0.39 is 0 Å². The van der Waals surface area contributed by atoms with Gasteiger partial charge in [0, 0.05) is 49.8 Å². The Labute approximate surface area is 148 Å². The molecule has 1 aliphatic rings. The first-order valence-corrected chi connectivity index (χ1v) is 8.10. The van der Waals surface area contributed by atoms with Crippen molar-refractivity contribution in [2.75, 3.05) is 46.4 Å². The SMILES string of the molecule is COc1ccc2[nH]cc(CCNC(=O)CN3CCNCC3)c2c1.Cl. The Bertz CT molecular complexity index is 668. The second-order valence-electron chi connectivity index (χ2n) is 5.85. The summed E-state index contributed by atoms with van der Waals surface area (Å²) in [5.74, 6) is 0.949. The third kappa shape index (κ3) is 4.63. The number of amides is 1. The quantitative estimate of drug-likeness (QED) is 0.729. The number of aromatic amines is 1. The molecule has 24 heavy (non-hydrogen) atoms. The highest BCUT2D eigenvalue weighted by Crippen LogP contribution is 2.23. The molecule has 0 spiro atoms. The Balaban J connectivity index is 0.00000208. The lowest BCUT2D eigenvalue weighted by atomic mass is 10.1. The number of halogens is 1. The molecule has 0 bridgehead atoms. The van der Waals surface area contributed by atoms with Crippen LogP contribution in [0.15, 0.2) is 24.4 Å². The van der Waals surface area contributed by atoms with E-state index in [2.05, 4.69) is 20.5 Å². The number of nitrogens with zero attached hydrogens (tertiary/aromatic N) is 1. The van der Waals surface area contributed by atoms with Crippen molar-refractivity contribution in [1.82, 2.24) is 20.5 Å². The van der Waals surface area contributed by atoms with E-state index in [0.717, 1.165) is 49.3 Å². The molecule has 3 rings (SSSR count). The number of methoxy groups -OCH3 is 1. The number of fused-ring (bicyclic) bond motifs is 1. The van der Waals surface area contributed by atoms with Gasteiger partial charge in [-0.2, -0.15) is 0 Å². The van der Waals surface area contributed by atoms with Gasteiger partial charge in [0.1, 0.15) is 5.75 Å². The van der Waals surface area contributed by atoms with E-state index in [9.17, 15) is 4.79 Å². The highest BCUT2D eigenvalue weighted by atomic mass is 35.5. The summed E-state index contributed by atoms with van der Waals surface area (Å²) < 4.78 is 5.28. The van der Waals surface area contributed by atoms with Gasteiger partial charge in [0.25, 0.3) is 0 Å². The van der Waals surface area contributed by atoms with E-state index >= 15 is 0 Å². The van der Waals surface area contributed by atoms with Crippen LogP contribution in [-0.4, -0.2) is 62.2 Å². The summed E-state index contributed by atoms with van der Waals surface area (Å²) in [6.45, 7) is 4.94. The molecule has 0 saturated carbocycles. The number of piperazine rings is 1. The molecule has 0 aliphatic carbocycles. The molecule has 1 aromatic heterocycles. The number of carbonyl (C=O) groups excluding carboxylic acids is 1. The van der Waals surface area contributed by atoms with Crippen LogP contribution >= 0.6 is 12.4 Å². The number of hydrogen-bond donors (Lipinski definition) is 3. The molecule has 0 atom stereocenters. The Morgan fingerprint density at radius 3 is 2.88 bits per heavy atom. The van der Waals surface area contributed by atoms with Gasteiger partial charge in [-0.15, -0.1) is 12.4 Å². The zero-order chi connectivity index (χ0) is 16.1. The third-order valence-corrected chi connectivity index (χ3v) is 4.27. The Hall–Kier alpha value is -1.76. The van der Waals surface area contributed by atoms with E-state index in [-0.39, 0.29) is 18.3 Å². The third-order valence-electron chi connectivity index (χ3n) is 4.27. The van der Waals surface area contributed by atoms with Gasteiger partial charge in [0.15, 0.2) is 0 Å². The summed E-state index contributed by atoms with van der Waals surface area (Å²) in [6.07, 6.45) is 2.81. The van der Waals surface area contributed by atoms with E-state index in [4.69, 9.17) is 4.74 Å². The number of nitrogens with one attached hydrogen (secondary N) is 3. The molecule has 7 heteroatoms. The van der Waals surface area contributed by atoms with Crippen molar-refractivity contribution < 1.29 is 9.53 Å². The van der Waals surface area contributed by atoms with Crippen molar-refractivity contribution in [3.05, 3.63) is 30.0 Å². The minimum absolute atomic E-state index is 0.